The van der Waals surface area contributed by atoms with Gasteiger partial charge < -0.3 is 14.4 Å². The maximum atomic E-state index is 6.17. The molecular formula is C24H31ClN2O2. The summed E-state index contributed by atoms with van der Waals surface area (Å²) >= 11 is 6.17. The van der Waals surface area contributed by atoms with Crippen LogP contribution in [0, 0.1) is 13.8 Å². The molecule has 1 unspecified atom stereocenters. The Labute approximate surface area is 179 Å². The van der Waals surface area contributed by atoms with Gasteiger partial charge in [0.15, 0.2) is 0 Å². The van der Waals surface area contributed by atoms with E-state index in [-0.39, 0.29) is 0 Å². The van der Waals surface area contributed by atoms with Crippen LogP contribution in [-0.2, 0) is 0 Å². The van der Waals surface area contributed by atoms with Gasteiger partial charge in [-0.3, -0.25) is 4.90 Å². The van der Waals surface area contributed by atoms with Crippen molar-refractivity contribution in [3.8, 4) is 11.5 Å². The van der Waals surface area contributed by atoms with Crippen molar-refractivity contribution in [2.24, 2.45) is 0 Å². The Bertz CT molecular complexity index is 860. The number of rotatable bonds is 7. The molecule has 1 aliphatic rings. The standard InChI is InChI=1S/C24H31ClN2O2/c1-6-15-29-23-10-8-21(17(2)18(23)3)19(4)26-11-13-27(14-12-26)20-7-9-22(25)24(16-20)28-5/h6-10,16,19H,1,11-15H2,2-5H3. The molecule has 1 heterocycles. The highest BCUT2D eigenvalue weighted by Crippen LogP contribution is 2.33. The first kappa shape index (κ1) is 21.5. The number of ether oxygens (including phenoxy) is 2. The van der Waals surface area contributed by atoms with Crippen LogP contribution in [0.2, 0.25) is 5.02 Å². The number of hydrogen-bond donors (Lipinski definition) is 0. The molecule has 1 atom stereocenters. The average molecular weight is 415 g/mol. The van der Waals surface area contributed by atoms with Crippen molar-refractivity contribution < 1.29 is 9.47 Å². The van der Waals surface area contributed by atoms with Crippen molar-refractivity contribution in [2.75, 3.05) is 44.8 Å². The van der Waals surface area contributed by atoms with Gasteiger partial charge in [0.05, 0.1) is 12.1 Å². The topological polar surface area (TPSA) is 24.9 Å². The molecule has 2 aromatic rings. The molecule has 0 amide bonds. The number of anilines is 1. The third-order valence-corrected chi connectivity index (χ3v) is 6.26. The molecule has 0 aliphatic carbocycles. The minimum Gasteiger partial charge on any atom is -0.495 e. The SMILES string of the molecule is C=CCOc1ccc(C(C)N2CCN(c3ccc(Cl)c(OC)c3)CC2)c(C)c1C. The Morgan fingerprint density at radius 2 is 1.79 bits per heavy atom. The lowest BCUT2D eigenvalue weighted by Gasteiger charge is -2.40. The van der Waals surface area contributed by atoms with E-state index < -0.39 is 0 Å². The second-order valence-electron chi connectivity index (χ2n) is 7.52. The summed E-state index contributed by atoms with van der Waals surface area (Å²) in [5.74, 6) is 1.67. The molecule has 0 radical (unpaired) electrons. The first-order chi connectivity index (χ1) is 14.0. The van der Waals surface area contributed by atoms with Crippen molar-refractivity contribution in [3.05, 3.63) is 64.7 Å². The lowest BCUT2D eigenvalue weighted by molar-refractivity contribution is 0.198. The van der Waals surface area contributed by atoms with Crippen LogP contribution in [0.5, 0.6) is 11.5 Å². The molecule has 5 heteroatoms. The largest absolute Gasteiger partial charge is 0.495 e. The molecule has 156 valence electrons. The molecule has 0 N–H and O–H groups in total. The van der Waals surface area contributed by atoms with Gasteiger partial charge in [0.25, 0.3) is 0 Å². The maximum absolute atomic E-state index is 6.17. The zero-order valence-electron chi connectivity index (χ0n) is 17.9. The summed E-state index contributed by atoms with van der Waals surface area (Å²) in [4.78, 5) is 4.95. The third kappa shape index (κ3) is 4.71. The summed E-state index contributed by atoms with van der Waals surface area (Å²) in [5, 5.41) is 0.648. The van der Waals surface area contributed by atoms with E-state index in [0.717, 1.165) is 43.4 Å². The molecule has 1 saturated heterocycles. The summed E-state index contributed by atoms with van der Waals surface area (Å²) in [7, 11) is 1.66. The Morgan fingerprint density at radius 3 is 2.45 bits per heavy atom. The zero-order valence-corrected chi connectivity index (χ0v) is 18.6. The highest BCUT2D eigenvalue weighted by atomic mass is 35.5. The number of benzene rings is 2. The molecule has 1 aliphatic heterocycles. The van der Waals surface area contributed by atoms with Crippen LogP contribution in [-0.4, -0.2) is 44.8 Å². The first-order valence-electron chi connectivity index (χ1n) is 10.1. The Morgan fingerprint density at radius 1 is 1.07 bits per heavy atom. The van der Waals surface area contributed by atoms with E-state index in [1.807, 2.05) is 12.1 Å². The second-order valence-corrected chi connectivity index (χ2v) is 7.93. The van der Waals surface area contributed by atoms with Crippen molar-refractivity contribution in [3.63, 3.8) is 0 Å². The van der Waals surface area contributed by atoms with E-state index in [1.165, 1.54) is 16.7 Å². The van der Waals surface area contributed by atoms with Gasteiger partial charge in [0.2, 0.25) is 0 Å². The van der Waals surface area contributed by atoms with Crippen LogP contribution in [0.4, 0.5) is 5.69 Å². The predicted molar refractivity (Wildman–Crippen MR) is 122 cm³/mol. The van der Waals surface area contributed by atoms with Crippen molar-refractivity contribution in [2.45, 2.75) is 26.8 Å². The average Bonchev–Trinajstić information content (AvgIpc) is 2.75. The molecule has 3 rings (SSSR count). The minimum atomic E-state index is 0.365. The highest BCUT2D eigenvalue weighted by molar-refractivity contribution is 6.32. The predicted octanol–water partition coefficient (Wildman–Crippen LogP) is 5.41. The van der Waals surface area contributed by atoms with Crippen molar-refractivity contribution in [1.29, 1.82) is 0 Å². The van der Waals surface area contributed by atoms with Gasteiger partial charge in [0, 0.05) is 44.0 Å². The number of halogens is 1. The van der Waals surface area contributed by atoms with Gasteiger partial charge in [-0.15, -0.1) is 0 Å². The molecule has 4 nitrogen and oxygen atoms in total. The fourth-order valence-electron chi connectivity index (χ4n) is 3.98. The Balaban J connectivity index is 1.68. The number of nitrogens with zero attached hydrogens (tertiary/aromatic N) is 2. The monoisotopic (exact) mass is 414 g/mol. The van der Waals surface area contributed by atoms with Crippen LogP contribution in [0.3, 0.4) is 0 Å². The van der Waals surface area contributed by atoms with Gasteiger partial charge in [-0.2, -0.15) is 0 Å². The van der Waals surface area contributed by atoms with Crippen LogP contribution in [0.15, 0.2) is 43.0 Å². The molecular weight excluding hydrogens is 384 g/mol. The first-order valence-corrected chi connectivity index (χ1v) is 10.5. The van der Waals surface area contributed by atoms with E-state index >= 15 is 0 Å². The number of methoxy groups -OCH3 is 1. The Kier molecular flexibility index (Phi) is 7.09. The summed E-state index contributed by atoms with van der Waals surface area (Å²) in [5.41, 5.74) is 5.05. The van der Waals surface area contributed by atoms with Crippen molar-refractivity contribution in [1.82, 2.24) is 4.90 Å². The molecule has 1 fully saturated rings. The van der Waals surface area contributed by atoms with Crippen LogP contribution >= 0.6 is 11.6 Å². The van der Waals surface area contributed by atoms with Gasteiger partial charge in [0.1, 0.15) is 18.1 Å². The number of hydrogen-bond acceptors (Lipinski definition) is 4. The Hall–Kier alpha value is -2.17. The fourth-order valence-corrected chi connectivity index (χ4v) is 4.18. The normalized spacial score (nSPS) is 15.8. The zero-order chi connectivity index (χ0) is 21.0. The summed E-state index contributed by atoms with van der Waals surface area (Å²) < 4.78 is 11.1. The number of piperazine rings is 1. The minimum absolute atomic E-state index is 0.365. The molecule has 29 heavy (non-hydrogen) atoms. The molecule has 0 aromatic heterocycles. The summed E-state index contributed by atoms with van der Waals surface area (Å²) in [6.45, 7) is 14.9. The van der Waals surface area contributed by atoms with Gasteiger partial charge >= 0.3 is 0 Å². The second kappa shape index (κ2) is 9.55. The fraction of sp³-hybridized carbons (Fsp3) is 0.417. The molecule has 0 saturated carbocycles. The molecule has 0 spiro atoms. The molecule has 2 aromatic carbocycles. The van der Waals surface area contributed by atoms with Gasteiger partial charge in [-0.25, -0.2) is 0 Å². The summed E-state index contributed by atoms with van der Waals surface area (Å²) in [6.07, 6.45) is 1.78. The maximum Gasteiger partial charge on any atom is 0.139 e. The van der Waals surface area contributed by atoms with Crippen LogP contribution in [0.1, 0.15) is 29.7 Å². The summed E-state index contributed by atoms with van der Waals surface area (Å²) in [6, 6.07) is 10.7. The van der Waals surface area contributed by atoms with Crippen LogP contribution < -0.4 is 14.4 Å². The van der Waals surface area contributed by atoms with E-state index in [2.05, 4.69) is 55.3 Å². The van der Waals surface area contributed by atoms with E-state index in [9.17, 15) is 0 Å². The highest BCUT2D eigenvalue weighted by Gasteiger charge is 2.24. The van der Waals surface area contributed by atoms with Gasteiger partial charge in [-0.1, -0.05) is 30.3 Å². The quantitative estimate of drug-likeness (QED) is 0.565. The van der Waals surface area contributed by atoms with E-state index in [4.69, 9.17) is 21.1 Å². The third-order valence-electron chi connectivity index (χ3n) is 5.95. The lowest BCUT2D eigenvalue weighted by Crippen LogP contribution is -2.47. The van der Waals surface area contributed by atoms with Gasteiger partial charge in [-0.05, 0) is 55.7 Å². The smallest absolute Gasteiger partial charge is 0.139 e. The van der Waals surface area contributed by atoms with E-state index in [0.29, 0.717) is 17.7 Å². The lowest BCUT2D eigenvalue weighted by atomic mass is 9.96. The molecule has 0 bridgehead atoms. The van der Waals surface area contributed by atoms with Crippen molar-refractivity contribution >= 4 is 17.3 Å². The van der Waals surface area contributed by atoms with E-state index in [1.54, 1.807) is 13.2 Å². The van der Waals surface area contributed by atoms with Crippen LogP contribution in [0.25, 0.3) is 0 Å².